The first-order valence-corrected chi connectivity index (χ1v) is 9.85. The molecule has 3 rings (SSSR count). The molecule has 1 amide bonds. The van der Waals surface area contributed by atoms with Crippen molar-refractivity contribution >= 4 is 33.8 Å². The van der Waals surface area contributed by atoms with Gasteiger partial charge in [-0.2, -0.15) is 5.10 Å². The van der Waals surface area contributed by atoms with Crippen LogP contribution in [-0.4, -0.2) is 31.0 Å². The lowest BCUT2D eigenvalue weighted by Gasteiger charge is -2.05. The quantitative estimate of drug-likeness (QED) is 0.416. The number of hydrogen-bond donors (Lipinski definition) is 2. The molecule has 8 heteroatoms. The van der Waals surface area contributed by atoms with E-state index in [0.29, 0.717) is 22.4 Å². The molecule has 0 fully saturated rings. The summed E-state index contributed by atoms with van der Waals surface area (Å²) in [5.41, 5.74) is 6.53. The first-order valence-electron chi connectivity index (χ1n) is 9.04. The molecule has 1 aromatic heterocycles. The minimum Gasteiger partial charge on any atom is -0.497 e. The third kappa shape index (κ3) is 5.55. The summed E-state index contributed by atoms with van der Waals surface area (Å²) in [6.07, 6.45) is 1.17. The summed E-state index contributed by atoms with van der Waals surface area (Å²) in [4.78, 5) is 16.5. The van der Waals surface area contributed by atoms with Crippen LogP contribution in [0.4, 0.5) is 14.9 Å². The molecule has 0 bridgehead atoms. The van der Waals surface area contributed by atoms with E-state index in [1.165, 1.54) is 11.3 Å². The Balaban J connectivity index is 1.79. The zero-order valence-electron chi connectivity index (χ0n) is 16.4. The van der Waals surface area contributed by atoms with Crippen LogP contribution < -0.4 is 15.5 Å². The maximum atomic E-state index is 11.9. The highest BCUT2D eigenvalue weighted by atomic mass is 32.1. The molecule has 0 atom stereocenters. The Hall–Kier alpha value is -3.39. The number of methoxy groups -OCH3 is 1. The monoisotopic (exact) mass is 410 g/mol. The second-order valence-electron chi connectivity index (χ2n) is 6.05. The SMILES string of the molecule is CCOC(=O)Nc1sc(NN=Cc2ccc(OC)cc2)nc1-c1ccc(C)cc1. The number of hydrogen-bond acceptors (Lipinski definition) is 7. The van der Waals surface area contributed by atoms with Gasteiger partial charge in [-0.05, 0) is 43.7 Å². The number of ether oxygens (including phenoxy) is 2. The fourth-order valence-corrected chi connectivity index (χ4v) is 3.29. The van der Waals surface area contributed by atoms with Crippen molar-refractivity contribution in [2.24, 2.45) is 5.10 Å². The van der Waals surface area contributed by atoms with Crippen molar-refractivity contribution in [3.05, 3.63) is 59.7 Å². The molecule has 1 heterocycles. The average molecular weight is 410 g/mol. The average Bonchev–Trinajstić information content (AvgIpc) is 3.11. The molecule has 3 aromatic rings. The van der Waals surface area contributed by atoms with E-state index in [4.69, 9.17) is 9.47 Å². The molecule has 0 spiro atoms. The third-order valence-electron chi connectivity index (χ3n) is 3.93. The molecule has 2 N–H and O–H groups in total. The summed E-state index contributed by atoms with van der Waals surface area (Å²) in [5, 5.41) is 8.13. The van der Waals surface area contributed by atoms with Crippen molar-refractivity contribution in [3.63, 3.8) is 0 Å². The van der Waals surface area contributed by atoms with Gasteiger partial charge in [0.2, 0.25) is 5.13 Å². The number of nitrogens with one attached hydrogen (secondary N) is 2. The summed E-state index contributed by atoms with van der Waals surface area (Å²) in [6.45, 7) is 4.07. The van der Waals surface area contributed by atoms with Crippen LogP contribution in [0.25, 0.3) is 11.3 Å². The van der Waals surface area contributed by atoms with Crippen LogP contribution in [0, 0.1) is 6.92 Å². The highest BCUT2D eigenvalue weighted by molar-refractivity contribution is 7.20. The highest BCUT2D eigenvalue weighted by Crippen LogP contribution is 2.36. The topological polar surface area (TPSA) is 84.8 Å². The molecule has 7 nitrogen and oxygen atoms in total. The van der Waals surface area contributed by atoms with E-state index in [-0.39, 0.29) is 0 Å². The number of aromatic nitrogens is 1. The van der Waals surface area contributed by atoms with Gasteiger partial charge >= 0.3 is 6.09 Å². The van der Waals surface area contributed by atoms with Gasteiger partial charge in [-0.1, -0.05) is 41.2 Å². The number of aryl methyl sites for hydroxylation is 1. The van der Waals surface area contributed by atoms with Crippen LogP contribution in [0.1, 0.15) is 18.1 Å². The molecule has 2 aromatic carbocycles. The van der Waals surface area contributed by atoms with Crippen LogP contribution in [0.2, 0.25) is 0 Å². The second kappa shape index (κ2) is 9.70. The lowest BCUT2D eigenvalue weighted by atomic mass is 10.1. The molecular formula is C21H22N4O3S. The van der Waals surface area contributed by atoms with E-state index in [2.05, 4.69) is 20.8 Å². The molecule has 0 aliphatic rings. The Morgan fingerprint density at radius 3 is 2.55 bits per heavy atom. The number of benzene rings is 2. The van der Waals surface area contributed by atoms with Gasteiger partial charge in [0.25, 0.3) is 0 Å². The van der Waals surface area contributed by atoms with Crippen LogP contribution in [0.3, 0.4) is 0 Å². The minimum absolute atomic E-state index is 0.293. The summed E-state index contributed by atoms with van der Waals surface area (Å²) in [7, 11) is 1.63. The number of amides is 1. The van der Waals surface area contributed by atoms with Gasteiger partial charge in [0.1, 0.15) is 16.4 Å². The van der Waals surface area contributed by atoms with Gasteiger partial charge in [0.15, 0.2) is 0 Å². The van der Waals surface area contributed by atoms with Crippen molar-refractivity contribution in [1.82, 2.24) is 4.98 Å². The molecule has 0 saturated heterocycles. The number of nitrogens with zero attached hydrogens (tertiary/aromatic N) is 2. The maximum Gasteiger partial charge on any atom is 0.412 e. The van der Waals surface area contributed by atoms with Crippen LogP contribution >= 0.6 is 11.3 Å². The molecule has 0 radical (unpaired) electrons. The van der Waals surface area contributed by atoms with Crippen molar-refractivity contribution in [2.75, 3.05) is 24.5 Å². The Morgan fingerprint density at radius 1 is 1.17 bits per heavy atom. The fraction of sp³-hybridized carbons (Fsp3) is 0.190. The maximum absolute atomic E-state index is 11.9. The number of hydrazone groups is 1. The Bertz CT molecular complexity index is 982. The molecular weight excluding hydrogens is 388 g/mol. The zero-order valence-corrected chi connectivity index (χ0v) is 17.2. The molecule has 0 aliphatic carbocycles. The van der Waals surface area contributed by atoms with E-state index >= 15 is 0 Å². The summed E-state index contributed by atoms with van der Waals surface area (Å²) >= 11 is 1.29. The molecule has 0 unspecified atom stereocenters. The van der Waals surface area contributed by atoms with Crippen molar-refractivity contribution in [2.45, 2.75) is 13.8 Å². The lowest BCUT2D eigenvalue weighted by Crippen LogP contribution is -2.12. The van der Waals surface area contributed by atoms with E-state index in [9.17, 15) is 4.79 Å². The van der Waals surface area contributed by atoms with Crippen molar-refractivity contribution in [3.8, 4) is 17.0 Å². The Labute approximate surface area is 173 Å². The van der Waals surface area contributed by atoms with Crippen molar-refractivity contribution in [1.29, 1.82) is 0 Å². The zero-order chi connectivity index (χ0) is 20.6. The summed E-state index contributed by atoms with van der Waals surface area (Å²) in [6, 6.07) is 15.4. The lowest BCUT2D eigenvalue weighted by molar-refractivity contribution is 0.168. The first kappa shape index (κ1) is 20.3. The molecule has 29 heavy (non-hydrogen) atoms. The Morgan fingerprint density at radius 2 is 1.90 bits per heavy atom. The number of thiazole rings is 1. The summed E-state index contributed by atoms with van der Waals surface area (Å²) < 4.78 is 10.1. The van der Waals surface area contributed by atoms with E-state index in [1.807, 2.05) is 55.5 Å². The first-order chi connectivity index (χ1) is 14.1. The number of carbonyl (C=O) groups excluding carboxylic acids is 1. The standard InChI is InChI=1S/C21H22N4O3S/c1-4-28-21(26)24-19-18(16-9-5-14(2)6-10-16)23-20(29-19)25-22-13-15-7-11-17(27-3)12-8-15/h5-13H,4H2,1-3H3,(H,23,25)(H,24,26). The predicted octanol–water partition coefficient (Wildman–Crippen LogP) is 5.14. The van der Waals surface area contributed by atoms with E-state index in [1.54, 1.807) is 20.2 Å². The molecule has 150 valence electrons. The van der Waals surface area contributed by atoms with Gasteiger partial charge in [0, 0.05) is 5.56 Å². The normalized spacial score (nSPS) is 10.7. The fourth-order valence-electron chi connectivity index (χ4n) is 2.47. The van der Waals surface area contributed by atoms with Gasteiger partial charge < -0.3 is 9.47 Å². The van der Waals surface area contributed by atoms with Crippen LogP contribution in [0.15, 0.2) is 53.6 Å². The van der Waals surface area contributed by atoms with Crippen LogP contribution in [0.5, 0.6) is 5.75 Å². The number of anilines is 2. The smallest absolute Gasteiger partial charge is 0.412 e. The molecule has 0 aliphatic heterocycles. The van der Waals surface area contributed by atoms with Crippen molar-refractivity contribution < 1.29 is 14.3 Å². The van der Waals surface area contributed by atoms with E-state index in [0.717, 1.165) is 22.4 Å². The van der Waals surface area contributed by atoms with Gasteiger partial charge in [-0.25, -0.2) is 9.78 Å². The number of rotatable bonds is 7. The third-order valence-corrected chi connectivity index (χ3v) is 4.81. The van der Waals surface area contributed by atoms with E-state index < -0.39 is 6.09 Å². The van der Waals surface area contributed by atoms with Gasteiger partial charge in [0.05, 0.1) is 19.9 Å². The Kier molecular flexibility index (Phi) is 6.80. The largest absolute Gasteiger partial charge is 0.497 e. The minimum atomic E-state index is -0.516. The predicted molar refractivity (Wildman–Crippen MR) is 117 cm³/mol. The summed E-state index contributed by atoms with van der Waals surface area (Å²) in [5.74, 6) is 0.785. The van der Waals surface area contributed by atoms with Crippen LogP contribution in [-0.2, 0) is 4.74 Å². The number of carbonyl (C=O) groups is 1. The van der Waals surface area contributed by atoms with Gasteiger partial charge in [-0.3, -0.25) is 10.7 Å². The van der Waals surface area contributed by atoms with Gasteiger partial charge in [-0.15, -0.1) is 0 Å². The molecule has 0 saturated carbocycles. The highest BCUT2D eigenvalue weighted by Gasteiger charge is 2.16. The second-order valence-corrected chi connectivity index (χ2v) is 7.05.